The van der Waals surface area contributed by atoms with Crippen LogP contribution in [0.25, 0.3) is 0 Å². The molecule has 28 heavy (non-hydrogen) atoms. The second-order valence-corrected chi connectivity index (χ2v) is 8.50. The van der Waals surface area contributed by atoms with E-state index in [-0.39, 0.29) is 0 Å². The third kappa shape index (κ3) is 3.67. The van der Waals surface area contributed by atoms with Crippen molar-refractivity contribution >= 4 is 5.69 Å². The lowest BCUT2D eigenvalue weighted by Gasteiger charge is -2.33. The number of fused-ring (bicyclic) bond motifs is 1. The van der Waals surface area contributed by atoms with Crippen LogP contribution in [-0.4, -0.2) is 58.9 Å². The molecule has 3 aliphatic heterocycles. The van der Waals surface area contributed by atoms with Crippen LogP contribution < -0.4 is 10.2 Å². The number of benzene rings is 1. The Balaban J connectivity index is 1.23. The lowest BCUT2D eigenvalue weighted by molar-refractivity contribution is 0.200. The number of nitrogens with one attached hydrogen (secondary N) is 1. The van der Waals surface area contributed by atoms with Crippen molar-refractivity contribution in [2.75, 3.05) is 44.2 Å². The molecular formula is C22H32N6. The van der Waals surface area contributed by atoms with Gasteiger partial charge < -0.3 is 14.8 Å². The fraction of sp³-hybridized carbons (Fsp3) is 0.636. The summed E-state index contributed by atoms with van der Waals surface area (Å²) in [5.41, 5.74) is 2.95. The van der Waals surface area contributed by atoms with Crippen LogP contribution in [0.1, 0.15) is 48.8 Å². The highest BCUT2D eigenvalue weighted by molar-refractivity contribution is 5.54. The first-order chi connectivity index (χ1) is 13.9. The van der Waals surface area contributed by atoms with Crippen molar-refractivity contribution in [1.29, 1.82) is 0 Å². The molecule has 3 aliphatic rings. The predicted octanol–water partition coefficient (Wildman–Crippen LogP) is 2.40. The minimum Gasteiger partial charge on any atom is -0.371 e. The molecular weight excluding hydrogens is 348 g/mol. The Morgan fingerprint density at radius 1 is 0.929 bits per heavy atom. The summed E-state index contributed by atoms with van der Waals surface area (Å²) >= 11 is 0. The number of nitrogens with zero attached hydrogens (tertiary/aromatic N) is 5. The number of piperidine rings is 1. The second kappa shape index (κ2) is 8.21. The van der Waals surface area contributed by atoms with Crippen molar-refractivity contribution in [3.63, 3.8) is 0 Å². The Morgan fingerprint density at radius 3 is 2.61 bits per heavy atom. The molecule has 0 saturated carbocycles. The molecule has 0 unspecified atom stereocenters. The van der Waals surface area contributed by atoms with Gasteiger partial charge in [-0.25, -0.2) is 0 Å². The summed E-state index contributed by atoms with van der Waals surface area (Å²) in [6, 6.07) is 9.02. The van der Waals surface area contributed by atoms with E-state index in [0.29, 0.717) is 5.92 Å². The molecule has 2 fully saturated rings. The summed E-state index contributed by atoms with van der Waals surface area (Å²) < 4.78 is 2.39. The van der Waals surface area contributed by atoms with Crippen molar-refractivity contribution in [1.82, 2.24) is 25.0 Å². The zero-order valence-electron chi connectivity index (χ0n) is 16.8. The Bertz CT molecular complexity index is 786. The highest BCUT2D eigenvalue weighted by Crippen LogP contribution is 2.30. The van der Waals surface area contributed by atoms with Crippen molar-refractivity contribution < 1.29 is 0 Å². The Labute approximate surface area is 167 Å². The summed E-state index contributed by atoms with van der Waals surface area (Å²) in [7, 11) is 0. The van der Waals surface area contributed by atoms with E-state index in [1.54, 1.807) is 0 Å². The highest BCUT2D eigenvalue weighted by atomic mass is 15.3. The first kappa shape index (κ1) is 18.1. The van der Waals surface area contributed by atoms with Crippen LogP contribution in [0.5, 0.6) is 0 Å². The van der Waals surface area contributed by atoms with Crippen LogP contribution in [-0.2, 0) is 19.5 Å². The fourth-order valence-electron chi connectivity index (χ4n) is 5.10. The summed E-state index contributed by atoms with van der Waals surface area (Å²) in [5.74, 6) is 2.96. The van der Waals surface area contributed by atoms with Gasteiger partial charge in [0.2, 0.25) is 0 Å². The fourth-order valence-corrected chi connectivity index (χ4v) is 5.10. The van der Waals surface area contributed by atoms with Crippen LogP contribution in [0.2, 0.25) is 0 Å². The third-order valence-corrected chi connectivity index (χ3v) is 6.68. The monoisotopic (exact) mass is 380 g/mol. The van der Waals surface area contributed by atoms with Gasteiger partial charge >= 0.3 is 0 Å². The second-order valence-electron chi connectivity index (χ2n) is 8.50. The minimum absolute atomic E-state index is 0.560. The molecule has 0 aliphatic carbocycles. The zero-order valence-corrected chi connectivity index (χ0v) is 16.8. The van der Waals surface area contributed by atoms with E-state index >= 15 is 0 Å². The first-order valence-corrected chi connectivity index (χ1v) is 11.1. The molecule has 2 aromatic rings. The van der Waals surface area contributed by atoms with Gasteiger partial charge in [0.1, 0.15) is 11.6 Å². The number of hydrogen-bond acceptors (Lipinski definition) is 5. The van der Waals surface area contributed by atoms with Crippen LogP contribution in [0.4, 0.5) is 5.69 Å². The number of hydrogen-bond donors (Lipinski definition) is 1. The summed E-state index contributed by atoms with van der Waals surface area (Å²) in [4.78, 5) is 5.20. The van der Waals surface area contributed by atoms with Gasteiger partial charge in [-0.2, -0.15) is 0 Å². The van der Waals surface area contributed by atoms with Crippen LogP contribution in [0, 0.1) is 0 Å². The molecule has 0 radical (unpaired) electrons. The van der Waals surface area contributed by atoms with Crippen LogP contribution in [0.15, 0.2) is 24.3 Å². The molecule has 6 nitrogen and oxygen atoms in total. The van der Waals surface area contributed by atoms with Gasteiger partial charge in [-0.15, -0.1) is 10.2 Å². The van der Waals surface area contributed by atoms with Gasteiger partial charge in [0.05, 0.1) is 0 Å². The lowest BCUT2D eigenvalue weighted by atomic mass is 9.95. The number of likely N-dealkylation sites (tertiary alicyclic amines) is 1. The molecule has 0 amide bonds. The highest BCUT2D eigenvalue weighted by Gasteiger charge is 2.27. The maximum absolute atomic E-state index is 4.60. The van der Waals surface area contributed by atoms with E-state index in [4.69, 9.17) is 0 Å². The van der Waals surface area contributed by atoms with Crippen molar-refractivity contribution in [3.8, 4) is 0 Å². The topological polar surface area (TPSA) is 49.2 Å². The SMILES string of the molecule is c1ccc(N2CCCC2)c(CN2CCC(c3nnc4n3CCNCC4)CC2)c1. The number of aromatic nitrogens is 3. The molecule has 1 aromatic carbocycles. The average Bonchev–Trinajstić information content (AvgIpc) is 3.35. The van der Waals surface area contributed by atoms with Crippen molar-refractivity contribution in [2.45, 2.75) is 51.1 Å². The molecule has 0 atom stereocenters. The molecule has 5 rings (SSSR count). The van der Waals surface area contributed by atoms with Gasteiger partial charge in [0.15, 0.2) is 0 Å². The van der Waals surface area contributed by atoms with Crippen LogP contribution >= 0.6 is 0 Å². The molecule has 2 saturated heterocycles. The van der Waals surface area contributed by atoms with Gasteiger partial charge in [-0.3, -0.25) is 4.90 Å². The summed E-state index contributed by atoms with van der Waals surface area (Å²) in [6.45, 7) is 8.87. The summed E-state index contributed by atoms with van der Waals surface area (Å²) in [5, 5.41) is 12.6. The number of anilines is 1. The maximum Gasteiger partial charge on any atom is 0.136 e. The quantitative estimate of drug-likeness (QED) is 0.883. The molecule has 6 heteroatoms. The van der Waals surface area contributed by atoms with Gasteiger partial charge in [0, 0.05) is 57.3 Å². The van der Waals surface area contributed by atoms with E-state index in [0.717, 1.165) is 45.7 Å². The van der Waals surface area contributed by atoms with E-state index in [9.17, 15) is 0 Å². The average molecular weight is 381 g/mol. The van der Waals surface area contributed by atoms with Crippen LogP contribution in [0.3, 0.4) is 0 Å². The van der Waals surface area contributed by atoms with E-state index in [2.05, 4.69) is 54.1 Å². The third-order valence-electron chi connectivity index (χ3n) is 6.68. The molecule has 4 heterocycles. The first-order valence-electron chi connectivity index (χ1n) is 11.1. The van der Waals surface area contributed by atoms with Gasteiger partial charge in [-0.1, -0.05) is 18.2 Å². The van der Waals surface area contributed by atoms with E-state index in [1.807, 2.05) is 0 Å². The van der Waals surface area contributed by atoms with Gasteiger partial charge in [-0.05, 0) is 50.4 Å². The lowest BCUT2D eigenvalue weighted by Crippen LogP contribution is -2.34. The standard InChI is InChI=1S/C22H32N6/c1-2-6-20(27-12-3-4-13-27)19(5-1)17-26-14-8-18(9-15-26)22-25-24-21-7-10-23-11-16-28(21)22/h1-2,5-6,18,23H,3-4,7-17H2. The molecule has 1 N–H and O–H groups in total. The number of rotatable bonds is 4. The minimum atomic E-state index is 0.560. The molecule has 150 valence electrons. The van der Waals surface area contributed by atoms with E-state index in [1.165, 1.54) is 61.7 Å². The molecule has 0 spiro atoms. The smallest absolute Gasteiger partial charge is 0.136 e. The Kier molecular flexibility index (Phi) is 5.32. The summed E-state index contributed by atoms with van der Waals surface area (Å²) in [6.07, 6.45) is 6.05. The maximum atomic E-state index is 4.60. The number of para-hydroxylation sites is 1. The normalized spacial score (nSPS) is 21.6. The Hall–Kier alpha value is -1.92. The molecule has 0 bridgehead atoms. The molecule has 1 aromatic heterocycles. The zero-order chi connectivity index (χ0) is 18.8. The van der Waals surface area contributed by atoms with Gasteiger partial charge in [0.25, 0.3) is 0 Å². The largest absolute Gasteiger partial charge is 0.371 e. The predicted molar refractivity (Wildman–Crippen MR) is 112 cm³/mol. The Morgan fingerprint density at radius 2 is 1.75 bits per heavy atom. The van der Waals surface area contributed by atoms with E-state index < -0.39 is 0 Å². The van der Waals surface area contributed by atoms with Crippen molar-refractivity contribution in [3.05, 3.63) is 41.5 Å². The van der Waals surface area contributed by atoms with Crippen molar-refractivity contribution in [2.24, 2.45) is 0 Å².